The average Bonchev–Trinajstić information content (AvgIpc) is 2.96. The fourth-order valence-electron chi connectivity index (χ4n) is 3.87. The number of fused-ring (bicyclic) bond motifs is 1. The summed E-state index contributed by atoms with van der Waals surface area (Å²) >= 11 is 9.65. The van der Waals surface area contributed by atoms with E-state index in [9.17, 15) is 14.4 Å². The summed E-state index contributed by atoms with van der Waals surface area (Å²) in [4.78, 5) is 40.1. The van der Waals surface area contributed by atoms with Crippen molar-refractivity contribution >= 4 is 50.4 Å². The molecule has 7 nitrogen and oxygen atoms in total. The molecular formula is C21H19BrClN3O4. The smallest absolute Gasteiger partial charge is 0.329 e. The first-order chi connectivity index (χ1) is 14.3. The van der Waals surface area contributed by atoms with Gasteiger partial charge in [-0.2, -0.15) is 0 Å². The van der Waals surface area contributed by atoms with Crippen LogP contribution in [0.4, 0.5) is 0 Å². The maximum atomic E-state index is 13.3. The number of imidazole rings is 1. The molecule has 1 aromatic heterocycles. The van der Waals surface area contributed by atoms with Gasteiger partial charge in [-0.1, -0.05) is 23.7 Å². The predicted molar refractivity (Wildman–Crippen MR) is 117 cm³/mol. The maximum absolute atomic E-state index is 13.3. The molecule has 0 saturated carbocycles. The molecule has 1 atom stereocenters. The van der Waals surface area contributed by atoms with Gasteiger partial charge in [0, 0.05) is 23.0 Å². The van der Waals surface area contributed by atoms with Crippen molar-refractivity contribution < 1.29 is 14.3 Å². The molecule has 4 rings (SSSR count). The number of carbonyl (C=O) groups excluding carboxylic acids is 2. The van der Waals surface area contributed by atoms with Gasteiger partial charge in [0.05, 0.1) is 24.7 Å². The van der Waals surface area contributed by atoms with Crippen LogP contribution in [0.2, 0.25) is 5.02 Å². The lowest BCUT2D eigenvalue weighted by atomic mass is 10.0. The van der Waals surface area contributed by atoms with E-state index in [1.807, 2.05) is 12.1 Å². The highest BCUT2D eigenvalue weighted by Crippen LogP contribution is 2.32. The Morgan fingerprint density at radius 2 is 1.87 bits per heavy atom. The number of nitrogens with zero attached hydrogens (tertiary/aromatic N) is 3. The number of halogens is 2. The lowest BCUT2D eigenvalue weighted by molar-refractivity contribution is -0.151. The Morgan fingerprint density at radius 1 is 1.17 bits per heavy atom. The molecule has 3 aromatic rings. The molecule has 0 aliphatic carbocycles. The molecule has 0 N–H and O–H groups in total. The van der Waals surface area contributed by atoms with Crippen LogP contribution in [0.25, 0.3) is 11.0 Å². The summed E-state index contributed by atoms with van der Waals surface area (Å²) in [7, 11) is 3.22. The van der Waals surface area contributed by atoms with Crippen LogP contribution in [0.5, 0.6) is 5.75 Å². The molecule has 1 aliphatic rings. The van der Waals surface area contributed by atoms with Crippen LogP contribution in [0.15, 0.2) is 45.7 Å². The normalized spacial score (nSPS) is 17.1. The van der Waals surface area contributed by atoms with Crippen LogP contribution in [0, 0.1) is 0 Å². The van der Waals surface area contributed by atoms with E-state index in [4.69, 9.17) is 16.3 Å². The number of hydrogen-bond acceptors (Lipinski definition) is 4. The molecule has 0 spiro atoms. The van der Waals surface area contributed by atoms with Gasteiger partial charge >= 0.3 is 5.69 Å². The van der Waals surface area contributed by atoms with Crippen molar-refractivity contribution in [1.82, 2.24) is 14.0 Å². The van der Waals surface area contributed by atoms with Crippen molar-refractivity contribution in [2.75, 3.05) is 7.11 Å². The number of methoxy groups -OCH3 is 1. The van der Waals surface area contributed by atoms with Crippen LogP contribution in [-0.4, -0.2) is 33.0 Å². The summed E-state index contributed by atoms with van der Waals surface area (Å²) in [5.41, 5.74) is 1.68. The number of ether oxygens (including phenoxy) is 1. The molecule has 1 fully saturated rings. The first kappa shape index (κ1) is 20.7. The van der Waals surface area contributed by atoms with E-state index in [1.165, 1.54) is 14.0 Å². The number of imide groups is 1. The van der Waals surface area contributed by atoms with E-state index < -0.39 is 11.9 Å². The van der Waals surface area contributed by atoms with Gasteiger partial charge in [-0.3, -0.25) is 23.6 Å². The number of carbonyl (C=O) groups is 2. The van der Waals surface area contributed by atoms with Crippen molar-refractivity contribution in [2.45, 2.75) is 25.4 Å². The van der Waals surface area contributed by atoms with E-state index >= 15 is 0 Å². The molecule has 0 bridgehead atoms. The predicted octanol–water partition coefficient (Wildman–Crippen LogP) is 3.65. The zero-order chi connectivity index (χ0) is 21.6. The molecule has 2 amide bonds. The molecule has 2 aromatic carbocycles. The Hall–Kier alpha value is -2.58. The van der Waals surface area contributed by atoms with Gasteiger partial charge in [0.15, 0.2) is 0 Å². The second kappa shape index (κ2) is 7.92. The minimum atomic E-state index is -0.775. The van der Waals surface area contributed by atoms with Crippen LogP contribution < -0.4 is 10.4 Å². The van der Waals surface area contributed by atoms with Crippen molar-refractivity contribution in [3.05, 3.63) is 61.9 Å². The Balaban J connectivity index is 1.74. The Morgan fingerprint density at radius 3 is 2.53 bits per heavy atom. The first-order valence-electron chi connectivity index (χ1n) is 9.35. The third-order valence-corrected chi connectivity index (χ3v) is 6.21. The Bertz CT molecular complexity index is 1220. The van der Waals surface area contributed by atoms with Crippen molar-refractivity contribution in [2.24, 2.45) is 7.05 Å². The molecule has 30 heavy (non-hydrogen) atoms. The monoisotopic (exact) mass is 491 g/mol. The van der Waals surface area contributed by atoms with Crippen LogP contribution in [0.3, 0.4) is 0 Å². The third kappa shape index (κ3) is 3.44. The SMILES string of the molecule is COc1ccc(CN2C(=O)CCC(n3c(=O)n(C)c4c(Br)cc(Cl)cc43)C2=O)cc1. The lowest BCUT2D eigenvalue weighted by Gasteiger charge is -2.31. The Kier molecular flexibility index (Phi) is 5.46. The van der Waals surface area contributed by atoms with E-state index in [2.05, 4.69) is 15.9 Å². The molecule has 156 valence electrons. The largest absolute Gasteiger partial charge is 0.497 e. The molecule has 1 unspecified atom stereocenters. The topological polar surface area (TPSA) is 73.5 Å². The summed E-state index contributed by atoms with van der Waals surface area (Å²) < 4.78 is 8.74. The van der Waals surface area contributed by atoms with E-state index in [-0.39, 0.29) is 31.0 Å². The van der Waals surface area contributed by atoms with E-state index in [0.717, 1.165) is 5.56 Å². The summed E-state index contributed by atoms with van der Waals surface area (Å²) in [6.45, 7) is 0.141. The number of benzene rings is 2. The van der Waals surface area contributed by atoms with E-state index in [1.54, 1.807) is 38.4 Å². The highest BCUT2D eigenvalue weighted by Gasteiger charge is 2.37. The summed E-state index contributed by atoms with van der Waals surface area (Å²) in [6, 6.07) is 9.77. The third-order valence-electron chi connectivity index (χ3n) is 5.39. The highest BCUT2D eigenvalue weighted by molar-refractivity contribution is 9.10. The van der Waals surface area contributed by atoms with Crippen molar-refractivity contribution in [1.29, 1.82) is 0 Å². The van der Waals surface area contributed by atoms with Gasteiger partial charge in [-0.25, -0.2) is 4.79 Å². The second-order valence-electron chi connectivity index (χ2n) is 7.19. The van der Waals surface area contributed by atoms with Gasteiger partial charge in [-0.15, -0.1) is 0 Å². The standard InChI is InChI=1S/C21H19BrClN3O4/c1-24-19-15(22)9-13(23)10-17(19)26(21(24)29)16-7-8-18(27)25(20(16)28)11-12-3-5-14(30-2)6-4-12/h3-6,9-10,16H,7-8,11H2,1-2H3. The first-order valence-corrected chi connectivity index (χ1v) is 10.5. The highest BCUT2D eigenvalue weighted by atomic mass is 79.9. The van der Waals surface area contributed by atoms with Crippen molar-refractivity contribution in [3.63, 3.8) is 0 Å². The zero-order valence-corrected chi connectivity index (χ0v) is 18.7. The minimum Gasteiger partial charge on any atom is -0.497 e. The van der Waals surface area contributed by atoms with Crippen LogP contribution in [0.1, 0.15) is 24.4 Å². The number of likely N-dealkylation sites (tertiary alicyclic amines) is 1. The van der Waals surface area contributed by atoms with Gasteiger partial charge in [0.1, 0.15) is 11.8 Å². The van der Waals surface area contributed by atoms with Gasteiger partial charge in [0.25, 0.3) is 5.91 Å². The number of rotatable bonds is 4. The van der Waals surface area contributed by atoms with E-state index in [0.29, 0.717) is 26.3 Å². The number of piperidine rings is 1. The van der Waals surface area contributed by atoms with Gasteiger partial charge in [-0.05, 0) is 52.2 Å². The zero-order valence-electron chi connectivity index (χ0n) is 16.4. The van der Waals surface area contributed by atoms with Crippen molar-refractivity contribution in [3.8, 4) is 5.75 Å². The molecule has 1 aliphatic heterocycles. The van der Waals surface area contributed by atoms with Gasteiger partial charge in [0.2, 0.25) is 5.91 Å². The fraction of sp³-hybridized carbons (Fsp3) is 0.286. The molecule has 2 heterocycles. The lowest BCUT2D eigenvalue weighted by Crippen LogP contribution is -2.47. The number of hydrogen-bond donors (Lipinski definition) is 0. The molecule has 0 radical (unpaired) electrons. The molecular weight excluding hydrogens is 474 g/mol. The quantitative estimate of drug-likeness (QED) is 0.521. The fourth-order valence-corrected chi connectivity index (χ4v) is 4.93. The number of aryl methyl sites for hydroxylation is 1. The minimum absolute atomic E-state index is 0.141. The maximum Gasteiger partial charge on any atom is 0.329 e. The number of amides is 2. The van der Waals surface area contributed by atoms with Gasteiger partial charge < -0.3 is 4.74 Å². The summed E-state index contributed by atoms with van der Waals surface area (Å²) in [5, 5.41) is 0.447. The summed E-state index contributed by atoms with van der Waals surface area (Å²) in [5.74, 6) is 0.0463. The molecule has 9 heteroatoms. The van der Waals surface area contributed by atoms with Crippen LogP contribution >= 0.6 is 27.5 Å². The number of aromatic nitrogens is 2. The second-order valence-corrected chi connectivity index (χ2v) is 8.48. The molecule has 1 saturated heterocycles. The average molecular weight is 493 g/mol. The Labute approximate surface area is 185 Å². The van der Waals surface area contributed by atoms with Crippen LogP contribution in [-0.2, 0) is 23.2 Å². The summed E-state index contributed by atoms with van der Waals surface area (Å²) in [6.07, 6.45) is 0.442.